The maximum Gasteiger partial charge on any atom is 0.418 e. The smallest absolute Gasteiger partial charge is 0.366 e. The predicted molar refractivity (Wildman–Crippen MR) is 102 cm³/mol. The fraction of sp³-hybridized carbons (Fsp3) is 0.350. The van der Waals surface area contributed by atoms with E-state index in [1.807, 2.05) is 44.9 Å². The standard InChI is InChI=1S/C20H24F3N3/c1-6-25(4)13-24-17-11-15(3)19(12-14(17)2)26(5)18-10-8-7-9-16(18)20(21,22)23/h7-13H,6H2,1-5H3/b24-13-. The van der Waals surface area contributed by atoms with Crippen LogP contribution in [-0.4, -0.2) is 31.9 Å². The highest BCUT2D eigenvalue weighted by molar-refractivity contribution is 5.73. The quantitative estimate of drug-likeness (QED) is 0.501. The monoisotopic (exact) mass is 363 g/mol. The second kappa shape index (κ2) is 7.81. The summed E-state index contributed by atoms with van der Waals surface area (Å²) < 4.78 is 40.0. The molecule has 0 radical (unpaired) electrons. The summed E-state index contributed by atoms with van der Waals surface area (Å²) in [6, 6.07) is 9.38. The van der Waals surface area contributed by atoms with Crippen LogP contribution in [0.5, 0.6) is 0 Å². The van der Waals surface area contributed by atoms with Gasteiger partial charge in [-0.15, -0.1) is 0 Å². The summed E-state index contributed by atoms with van der Waals surface area (Å²) >= 11 is 0. The number of anilines is 2. The zero-order chi connectivity index (χ0) is 19.5. The fourth-order valence-electron chi connectivity index (χ4n) is 2.66. The van der Waals surface area contributed by atoms with Crippen LogP contribution in [0.15, 0.2) is 41.4 Å². The second-order valence-electron chi connectivity index (χ2n) is 6.32. The van der Waals surface area contributed by atoms with Crippen LogP contribution in [0.4, 0.5) is 30.2 Å². The van der Waals surface area contributed by atoms with Crippen LogP contribution in [0.3, 0.4) is 0 Å². The number of halogens is 3. The molecule has 6 heteroatoms. The molecule has 2 aromatic carbocycles. The lowest BCUT2D eigenvalue weighted by Crippen LogP contribution is -2.17. The van der Waals surface area contributed by atoms with Crippen molar-refractivity contribution in [3.8, 4) is 0 Å². The zero-order valence-corrected chi connectivity index (χ0v) is 15.7. The van der Waals surface area contributed by atoms with Crippen molar-refractivity contribution in [3.63, 3.8) is 0 Å². The topological polar surface area (TPSA) is 18.8 Å². The lowest BCUT2D eigenvalue weighted by atomic mass is 10.1. The molecular formula is C20H24F3N3. The van der Waals surface area contributed by atoms with Gasteiger partial charge in [0.15, 0.2) is 0 Å². The molecule has 0 saturated heterocycles. The van der Waals surface area contributed by atoms with Gasteiger partial charge in [0.2, 0.25) is 0 Å². The summed E-state index contributed by atoms with van der Waals surface area (Å²) in [5.41, 5.74) is 2.78. The van der Waals surface area contributed by atoms with Gasteiger partial charge in [0.1, 0.15) is 0 Å². The van der Waals surface area contributed by atoms with Gasteiger partial charge in [-0.1, -0.05) is 12.1 Å². The summed E-state index contributed by atoms with van der Waals surface area (Å²) in [5.74, 6) is 0. The summed E-state index contributed by atoms with van der Waals surface area (Å²) in [4.78, 5) is 8.00. The Labute approximate surface area is 152 Å². The molecule has 0 spiro atoms. The van der Waals surface area contributed by atoms with Gasteiger partial charge in [-0.05, 0) is 56.2 Å². The van der Waals surface area contributed by atoms with Gasteiger partial charge < -0.3 is 9.80 Å². The van der Waals surface area contributed by atoms with Gasteiger partial charge in [-0.25, -0.2) is 4.99 Å². The predicted octanol–water partition coefficient (Wildman–Crippen LogP) is 5.70. The average Bonchev–Trinajstić information content (AvgIpc) is 2.60. The van der Waals surface area contributed by atoms with Gasteiger partial charge in [-0.3, -0.25) is 0 Å². The number of hydrogen-bond donors (Lipinski definition) is 0. The summed E-state index contributed by atoms with van der Waals surface area (Å²) in [5, 5.41) is 0. The Morgan fingerprint density at radius 3 is 2.27 bits per heavy atom. The number of alkyl halides is 3. The molecule has 0 bridgehead atoms. The molecule has 0 aromatic heterocycles. The first-order chi connectivity index (χ1) is 12.1. The Kier molecular flexibility index (Phi) is 5.95. The third-order valence-corrected chi connectivity index (χ3v) is 4.34. The van der Waals surface area contributed by atoms with Gasteiger partial charge in [0, 0.05) is 26.3 Å². The summed E-state index contributed by atoms with van der Waals surface area (Å²) in [6.07, 6.45) is -2.65. The van der Waals surface area contributed by atoms with Crippen molar-refractivity contribution < 1.29 is 13.2 Å². The highest BCUT2D eigenvalue weighted by atomic mass is 19.4. The van der Waals surface area contributed by atoms with E-state index in [9.17, 15) is 13.2 Å². The van der Waals surface area contributed by atoms with Crippen LogP contribution < -0.4 is 4.90 Å². The molecule has 2 rings (SSSR count). The number of nitrogens with zero attached hydrogens (tertiary/aromatic N) is 3. The molecule has 0 aliphatic heterocycles. The van der Waals surface area contributed by atoms with Crippen LogP contribution in [0.25, 0.3) is 0 Å². The summed E-state index contributed by atoms with van der Waals surface area (Å²) in [7, 11) is 3.59. The number of aryl methyl sites for hydroxylation is 2. The number of para-hydroxylation sites is 1. The largest absolute Gasteiger partial charge is 0.418 e. The van der Waals surface area contributed by atoms with E-state index in [1.54, 1.807) is 24.4 Å². The number of aliphatic imine (C=N–C) groups is 1. The Morgan fingerprint density at radius 2 is 1.65 bits per heavy atom. The fourth-order valence-corrected chi connectivity index (χ4v) is 2.66. The third-order valence-electron chi connectivity index (χ3n) is 4.34. The lowest BCUT2D eigenvalue weighted by Gasteiger charge is -2.26. The first-order valence-corrected chi connectivity index (χ1v) is 8.40. The average molecular weight is 363 g/mol. The van der Waals surface area contributed by atoms with Crippen LogP contribution in [-0.2, 0) is 6.18 Å². The molecule has 26 heavy (non-hydrogen) atoms. The summed E-state index contributed by atoms with van der Waals surface area (Å²) in [6.45, 7) is 6.66. The van der Waals surface area contributed by atoms with Crippen LogP contribution >= 0.6 is 0 Å². The molecule has 0 amide bonds. The number of rotatable bonds is 5. The molecule has 0 N–H and O–H groups in total. The van der Waals surface area contributed by atoms with E-state index < -0.39 is 11.7 Å². The van der Waals surface area contributed by atoms with Crippen molar-refractivity contribution in [2.24, 2.45) is 4.99 Å². The van der Waals surface area contributed by atoms with Crippen molar-refractivity contribution in [3.05, 3.63) is 53.1 Å². The molecule has 0 saturated carbocycles. The normalized spacial score (nSPS) is 11.8. The number of hydrogen-bond acceptors (Lipinski definition) is 2. The minimum atomic E-state index is -4.40. The minimum Gasteiger partial charge on any atom is -0.366 e. The van der Waals surface area contributed by atoms with E-state index in [0.717, 1.165) is 35.1 Å². The van der Waals surface area contributed by atoms with Gasteiger partial charge in [0.05, 0.1) is 23.3 Å². The Morgan fingerprint density at radius 1 is 1.00 bits per heavy atom. The Bertz CT molecular complexity index is 797. The molecule has 0 unspecified atom stereocenters. The van der Waals surface area contributed by atoms with Crippen molar-refractivity contribution in [2.75, 3.05) is 25.5 Å². The van der Waals surface area contributed by atoms with Crippen LogP contribution in [0.2, 0.25) is 0 Å². The zero-order valence-electron chi connectivity index (χ0n) is 15.7. The minimum absolute atomic E-state index is 0.129. The molecule has 0 fully saturated rings. The van der Waals surface area contributed by atoms with Gasteiger partial charge in [0.25, 0.3) is 0 Å². The molecule has 3 nitrogen and oxygen atoms in total. The molecule has 0 aliphatic rings. The van der Waals surface area contributed by atoms with Crippen molar-refractivity contribution in [2.45, 2.75) is 26.9 Å². The van der Waals surface area contributed by atoms with Crippen molar-refractivity contribution in [1.29, 1.82) is 0 Å². The van der Waals surface area contributed by atoms with E-state index >= 15 is 0 Å². The van der Waals surface area contributed by atoms with E-state index in [-0.39, 0.29) is 5.69 Å². The third kappa shape index (κ3) is 4.36. The molecule has 2 aromatic rings. The lowest BCUT2D eigenvalue weighted by molar-refractivity contribution is -0.137. The highest BCUT2D eigenvalue weighted by Gasteiger charge is 2.34. The maximum absolute atomic E-state index is 13.3. The molecule has 0 heterocycles. The Balaban J connectivity index is 2.44. The van der Waals surface area contributed by atoms with E-state index in [0.29, 0.717) is 0 Å². The second-order valence-corrected chi connectivity index (χ2v) is 6.32. The maximum atomic E-state index is 13.3. The highest BCUT2D eigenvalue weighted by Crippen LogP contribution is 2.40. The van der Waals surface area contributed by atoms with E-state index in [2.05, 4.69) is 4.99 Å². The van der Waals surface area contributed by atoms with Crippen LogP contribution in [0.1, 0.15) is 23.6 Å². The molecule has 0 aliphatic carbocycles. The van der Waals surface area contributed by atoms with Crippen molar-refractivity contribution in [1.82, 2.24) is 4.90 Å². The molecule has 140 valence electrons. The molecule has 0 atom stereocenters. The SMILES string of the molecule is CCN(C)/C=N\c1cc(C)c(N(C)c2ccccc2C(F)(F)F)cc1C. The van der Waals surface area contributed by atoms with Crippen molar-refractivity contribution >= 4 is 23.4 Å². The van der Waals surface area contributed by atoms with E-state index in [1.165, 1.54) is 12.1 Å². The van der Waals surface area contributed by atoms with Gasteiger partial charge in [-0.2, -0.15) is 13.2 Å². The van der Waals surface area contributed by atoms with Crippen LogP contribution in [0, 0.1) is 13.8 Å². The Hall–Kier alpha value is -2.50. The van der Waals surface area contributed by atoms with E-state index in [4.69, 9.17) is 0 Å². The first-order valence-electron chi connectivity index (χ1n) is 8.40. The molecular weight excluding hydrogens is 339 g/mol. The first kappa shape index (κ1) is 19.8. The van der Waals surface area contributed by atoms with Gasteiger partial charge >= 0.3 is 6.18 Å². The number of benzene rings is 2.